The van der Waals surface area contributed by atoms with Crippen molar-refractivity contribution >= 4 is 35.5 Å². The fourth-order valence-corrected chi connectivity index (χ4v) is 10.4. The molecule has 0 radical (unpaired) electrons. The number of hydrogen-bond donors (Lipinski definition) is 2. The van der Waals surface area contributed by atoms with Crippen LogP contribution in [-0.2, 0) is 53.6 Å². The Kier molecular flexibility index (Phi) is 16.4. The first kappa shape index (κ1) is 46.1. The number of thioether (sulfide) groups is 2. The highest BCUT2D eigenvalue weighted by atomic mass is 32.2. The van der Waals surface area contributed by atoms with Crippen molar-refractivity contribution in [1.82, 2.24) is 0 Å². The zero-order chi connectivity index (χ0) is 40.5. The van der Waals surface area contributed by atoms with Gasteiger partial charge in [0.25, 0.3) is 0 Å². The number of aromatic hydroxyl groups is 2. The molecule has 0 saturated heterocycles. The number of rotatable bonds is 16. The van der Waals surface area contributed by atoms with E-state index in [9.17, 15) is 19.8 Å². The summed E-state index contributed by atoms with van der Waals surface area (Å²) in [5.74, 6) is 1.88. The molecule has 1 aliphatic rings. The lowest BCUT2D eigenvalue weighted by molar-refractivity contribution is -0.144. The van der Waals surface area contributed by atoms with E-state index in [1.54, 1.807) is 0 Å². The maximum absolute atomic E-state index is 12.7. The third kappa shape index (κ3) is 14.0. The Morgan fingerprint density at radius 1 is 0.574 bits per heavy atom. The Morgan fingerprint density at radius 3 is 1.19 bits per heavy atom. The second kappa shape index (κ2) is 19.2. The number of carbonyl (C=O) groups excluding carboxylic acids is 2. The molecule has 304 valence electrons. The van der Waals surface area contributed by atoms with Gasteiger partial charge in [0.1, 0.15) is 11.5 Å². The monoisotopic (exact) mass is 784 g/mol. The van der Waals surface area contributed by atoms with Gasteiger partial charge in [-0.25, -0.2) is 0 Å². The predicted octanol–water partition coefficient (Wildman–Crippen LogP) is 11.8. The molecule has 8 heteroatoms. The molecule has 0 aliphatic heterocycles. The molecule has 2 N–H and O–H groups in total. The molecule has 0 unspecified atom stereocenters. The summed E-state index contributed by atoms with van der Waals surface area (Å²) in [6, 6.07) is 8.42. The molecule has 0 amide bonds. The molecule has 1 aliphatic carbocycles. The lowest BCUT2D eigenvalue weighted by Gasteiger charge is -2.36. The van der Waals surface area contributed by atoms with E-state index >= 15 is 0 Å². The van der Waals surface area contributed by atoms with Gasteiger partial charge in [-0.2, -0.15) is 0 Å². The lowest BCUT2D eigenvalue weighted by Crippen LogP contribution is -2.26. The van der Waals surface area contributed by atoms with Crippen molar-refractivity contribution in [3.63, 3.8) is 0 Å². The highest BCUT2D eigenvalue weighted by Gasteiger charge is 2.33. The van der Waals surface area contributed by atoms with Crippen LogP contribution in [0, 0.1) is 0 Å². The van der Waals surface area contributed by atoms with Crippen LogP contribution >= 0.6 is 23.5 Å². The third-order valence-electron chi connectivity index (χ3n) is 10.3. The summed E-state index contributed by atoms with van der Waals surface area (Å²) in [4.78, 5) is 25.4. The Bertz CT molecular complexity index is 1370. The number of carbonyl (C=O) groups is 2. The molecule has 0 spiro atoms. The zero-order valence-corrected chi connectivity index (χ0v) is 37.4. The van der Waals surface area contributed by atoms with E-state index in [1.807, 2.05) is 23.5 Å². The van der Waals surface area contributed by atoms with Crippen molar-refractivity contribution in [2.45, 2.75) is 179 Å². The number of aryl methyl sites for hydroxylation is 2. The summed E-state index contributed by atoms with van der Waals surface area (Å²) in [6.45, 7) is 26.2. The van der Waals surface area contributed by atoms with Crippen LogP contribution in [0.1, 0.15) is 174 Å². The molecule has 0 bridgehead atoms. The van der Waals surface area contributed by atoms with Crippen LogP contribution in [0.15, 0.2) is 24.3 Å². The maximum atomic E-state index is 12.7. The van der Waals surface area contributed by atoms with Crippen LogP contribution in [0.5, 0.6) is 11.5 Å². The smallest absolute Gasteiger partial charge is 0.306 e. The molecule has 0 aromatic heterocycles. The minimum absolute atomic E-state index is 0.0294. The molecule has 0 heterocycles. The molecule has 3 rings (SSSR count). The van der Waals surface area contributed by atoms with E-state index in [0.29, 0.717) is 49.1 Å². The maximum Gasteiger partial charge on any atom is 0.306 e. The summed E-state index contributed by atoms with van der Waals surface area (Å²) in [5.41, 5.74) is 5.44. The highest BCUT2D eigenvalue weighted by molar-refractivity contribution is 8.18. The molecule has 0 atom stereocenters. The van der Waals surface area contributed by atoms with E-state index in [0.717, 1.165) is 71.9 Å². The Morgan fingerprint density at radius 2 is 0.889 bits per heavy atom. The fraction of sp³-hybridized carbons (Fsp3) is 0.696. The van der Waals surface area contributed by atoms with Gasteiger partial charge in [-0.05, 0) is 93.6 Å². The zero-order valence-electron chi connectivity index (χ0n) is 35.8. The fourth-order valence-electron chi connectivity index (χ4n) is 7.09. The third-order valence-corrected chi connectivity index (χ3v) is 13.7. The van der Waals surface area contributed by atoms with Crippen molar-refractivity contribution in [2.24, 2.45) is 0 Å². The van der Waals surface area contributed by atoms with Crippen LogP contribution in [0.25, 0.3) is 0 Å². The second-order valence-corrected chi connectivity index (χ2v) is 22.6. The average Bonchev–Trinajstić information content (AvgIpc) is 3.04. The molecule has 1 saturated carbocycles. The predicted molar refractivity (Wildman–Crippen MR) is 230 cm³/mol. The van der Waals surface area contributed by atoms with E-state index in [2.05, 4.69) is 107 Å². The van der Waals surface area contributed by atoms with Gasteiger partial charge >= 0.3 is 11.9 Å². The second-order valence-electron chi connectivity index (χ2n) is 19.4. The first-order valence-electron chi connectivity index (χ1n) is 20.3. The minimum atomic E-state index is -0.175. The van der Waals surface area contributed by atoms with Gasteiger partial charge in [0.2, 0.25) is 0 Å². The summed E-state index contributed by atoms with van der Waals surface area (Å²) >= 11 is 3.73. The number of benzene rings is 2. The molecule has 2 aromatic rings. The molecule has 54 heavy (non-hydrogen) atoms. The van der Waals surface area contributed by atoms with Gasteiger partial charge in [-0.1, -0.05) is 127 Å². The Balaban J connectivity index is 1.42. The highest BCUT2D eigenvalue weighted by Crippen LogP contribution is 2.49. The summed E-state index contributed by atoms with van der Waals surface area (Å²) < 4.78 is 11.3. The van der Waals surface area contributed by atoms with Crippen LogP contribution in [0.3, 0.4) is 0 Å². The standard InChI is InChI=1S/C46H72O6S2/c1-42(2,3)34-28-32(29-35(40(34)49)43(4,5)6)18-16-24-51-38(47)20-26-53-46(22-14-13-15-23-46)54-27-21-39(48)52-25-17-19-33-30-36(44(7,8)9)41(50)37(31-33)45(10,11)12/h28-31,49-50H,13-27H2,1-12H3. The summed E-state index contributed by atoms with van der Waals surface area (Å²) in [7, 11) is 0. The van der Waals surface area contributed by atoms with Crippen LogP contribution in [0.2, 0.25) is 0 Å². The van der Waals surface area contributed by atoms with Crippen LogP contribution in [-0.4, -0.2) is 51.0 Å². The van der Waals surface area contributed by atoms with E-state index in [-0.39, 0.29) is 37.7 Å². The van der Waals surface area contributed by atoms with E-state index in [1.165, 1.54) is 19.3 Å². The molecule has 6 nitrogen and oxygen atoms in total. The lowest BCUT2D eigenvalue weighted by atomic mass is 9.78. The number of hydrogen-bond acceptors (Lipinski definition) is 8. The SMILES string of the molecule is CC(C)(C)c1cc(CCCOC(=O)CCSC2(SCCC(=O)OCCCc3cc(C(C)(C)C)c(O)c(C(C)(C)C)c3)CCCCC2)cc(C(C)(C)C)c1O. The largest absolute Gasteiger partial charge is 0.507 e. The number of phenols is 2. The van der Waals surface area contributed by atoms with Crippen LogP contribution < -0.4 is 0 Å². The molecule has 1 fully saturated rings. The van der Waals surface area contributed by atoms with Crippen molar-refractivity contribution < 1.29 is 29.3 Å². The Labute approximate surface area is 336 Å². The summed E-state index contributed by atoms with van der Waals surface area (Å²) in [6.07, 6.45) is 9.56. The summed E-state index contributed by atoms with van der Waals surface area (Å²) in [5, 5.41) is 22.0. The first-order valence-corrected chi connectivity index (χ1v) is 22.2. The number of phenolic OH excluding ortho intramolecular Hbond substituents is 2. The van der Waals surface area contributed by atoms with Gasteiger partial charge in [-0.15, -0.1) is 23.5 Å². The molecular weight excluding hydrogens is 713 g/mol. The minimum Gasteiger partial charge on any atom is -0.507 e. The van der Waals surface area contributed by atoms with Crippen LogP contribution in [0.4, 0.5) is 0 Å². The van der Waals surface area contributed by atoms with Crippen molar-refractivity contribution in [2.75, 3.05) is 24.7 Å². The normalized spacial score (nSPS) is 15.3. The van der Waals surface area contributed by atoms with Gasteiger partial charge in [0.05, 0.1) is 30.1 Å². The van der Waals surface area contributed by atoms with Gasteiger partial charge in [0.15, 0.2) is 0 Å². The van der Waals surface area contributed by atoms with Crippen molar-refractivity contribution in [3.05, 3.63) is 57.6 Å². The average molecular weight is 785 g/mol. The van der Waals surface area contributed by atoms with Crippen molar-refractivity contribution in [1.29, 1.82) is 0 Å². The number of esters is 2. The quantitative estimate of drug-likeness (QED) is 0.0987. The Hall–Kier alpha value is -2.32. The van der Waals surface area contributed by atoms with Crippen molar-refractivity contribution in [3.8, 4) is 11.5 Å². The van der Waals surface area contributed by atoms with Gasteiger partial charge in [-0.3, -0.25) is 9.59 Å². The molecule has 2 aromatic carbocycles. The number of ether oxygens (including phenoxy) is 2. The topological polar surface area (TPSA) is 93.1 Å². The van der Waals surface area contributed by atoms with E-state index < -0.39 is 0 Å². The van der Waals surface area contributed by atoms with Gasteiger partial charge < -0.3 is 19.7 Å². The molecular formula is C46H72O6S2. The van der Waals surface area contributed by atoms with E-state index in [4.69, 9.17) is 9.47 Å². The first-order chi connectivity index (χ1) is 24.9. The van der Waals surface area contributed by atoms with Gasteiger partial charge in [0, 0.05) is 11.5 Å².